The van der Waals surface area contributed by atoms with Gasteiger partial charge in [-0.25, -0.2) is 0 Å². The predicted molar refractivity (Wildman–Crippen MR) is 64.5 cm³/mol. The first kappa shape index (κ1) is 10.6. The van der Waals surface area contributed by atoms with Crippen LogP contribution in [0, 0.1) is 0 Å². The molecule has 3 nitrogen and oxygen atoms in total. The van der Waals surface area contributed by atoms with E-state index in [0.717, 1.165) is 17.8 Å². The lowest BCUT2D eigenvalue weighted by Crippen LogP contribution is -2.07. The summed E-state index contributed by atoms with van der Waals surface area (Å²) in [5.41, 5.74) is 2.86. The molecule has 0 aliphatic heterocycles. The number of aliphatic hydroxyl groups excluding tert-OH is 1. The van der Waals surface area contributed by atoms with Crippen molar-refractivity contribution < 1.29 is 5.11 Å². The van der Waals surface area contributed by atoms with Gasteiger partial charge in [0.25, 0.3) is 0 Å². The van der Waals surface area contributed by atoms with Gasteiger partial charge < -0.3 is 5.11 Å². The van der Waals surface area contributed by atoms with Crippen LogP contribution in [0.3, 0.4) is 0 Å². The number of pyridine rings is 1. The monoisotopic (exact) mass is 214 g/mol. The minimum atomic E-state index is 0.265. The van der Waals surface area contributed by atoms with Crippen molar-refractivity contribution in [3.63, 3.8) is 0 Å². The molecule has 0 saturated heterocycles. The van der Waals surface area contributed by atoms with E-state index in [1.54, 1.807) is 12.3 Å². The third-order valence-electron chi connectivity index (χ3n) is 2.43. The minimum Gasteiger partial charge on any atom is -0.506 e. The molecule has 0 aromatic carbocycles. The van der Waals surface area contributed by atoms with Crippen molar-refractivity contribution in [2.24, 2.45) is 4.99 Å². The maximum absolute atomic E-state index is 9.63. The summed E-state index contributed by atoms with van der Waals surface area (Å²) in [6, 6.07) is 5.74. The van der Waals surface area contributed by atoms with E-state index in [1.165, 1.54) is 5.57 Å². The molecule has 0 saturated carbocycles. The molecule has 1 aliphatic rings. The molecule has 82 valence electrons. The molecule has 0 radical (unpaired) electrons. The topological polar surface area (TPSA) is 45.5 Å². The molecule has 1 aromatic heterocycles. The third-order valence-corrected chi connectivity index (χ3v) is 2.43. The van der Waals surface area contributed by atoms with Gasteiger partial charge in [-0.15, -0.1) is 0 Å². The van der Waals surface area contributed by atoms with Crippen molar-refractivity contribution in [1.82, 2.24) is 4.98 Å². The number of hydrogen-bond donors (Lipinski definition) is 1. The highest BCUT2D eigenvalue weighted by molar-refractivity contribution is 6.00. The first-order valence-electron chi connectivity index (χ1n) is 5.26. The first-order valence-corrected chi connectivity index (χ1v) is 5.26. The Labute approximate surface area is 94.9 Å². The van der Waals surface area contributed by atoms with Crippen molar-refractivity contribution in [2.75, 3.05) is 0 Å². The minimum absolute atomic E-state index is 0.265. The van der Waals surface area contributed by atoms with Crippen molar-refractivity contribution in [3.8, 4) is 0 Å². The van der Waals surface area contributed by atoms with E-state index in [1.807, 2.05) is 31.2 Å². The van der Waals surface area contributed by atoms with Crippen molar-refractivity contribution in [1.29, 1.82) is 0 Å². The summed E-state index contributed by atoms with van der Waals surface area (Å²) in [5, 5.41) is 9.63. The Kier molecular flexibility index (Phi) is 3.15. The fourth-order valence-corrected chi connectivity index (χ4v) is 1.54. The van der Waals surface area contributed by atoms with E-state index >= 15 is 0 Å². The van der Waals surface area contributed by atoms with Gasteiger partial charge in [0, 0.05) is 12.6 Å². The molecule has 1 N–H and O–H groups in total. The molecule has 0 unspecified atom stereocenters. The second kappa shape index (κ2) is 4.75. The fourth-order valence-electron chi connectivity index (χ4n) is 1.54. The summed E-state index contributed by atoms with van der Waals surface area (Å²) >= 11 is 0. The second-order valence-electron chi connectivity index (χ2n) is 3.83. The van der Waals surface area contributed by atoms with Crippen LogP contribution in [0.25, 0.3) is 0 Å². The predicted octanol–water partition coefficient (Wildman–Crippen LogP) is 2.81. The number of nitrogens with zero attached hydrogens (tertiary/aromatic N) is 2. The van der Waals surface area contributed by atoms with E-state index < -0.39 is 0 Å². The molecule has 0 spiro atoms. The molecule has 1 heterocycles. The highest BCUT2D eigenvalue weighted by atomic mass is 16.3. The average Bonchev–Trinajstić information content (AvgIpc) is 2.32. The van der Waals surface area contributed by atoms with Crippen LogP contribution < -0.4 is 0 Å². The van der Waals surface area contributed by atoms with Crippen LogP contribution in [-0.2, 0) is 6.54 Å². The Hall–Kier alpha value is -1.90. The number of aromatic nitrogens is 1. The summed E-state index contributed by atoms with van der Waals surface area (Å²) in [7, 11) is 0. The number of allylic oxidation sites excluding steroid dienone is 4. The van der Waals surface area contributed by atoms with E-state index in [9.17, 15) is 5.11 Å². The maximum Gasteiger partial charge on any atom is 0.136 e. The van der Waals surface area contributed by atoms with Gasteiger partial charge in [-0.3, -0.25) is 9.98 Å². The van der Waals surface area contributed by atoms with Gasteiger partial charge in [0.15, 0.2) is 0 Å². The summed E-state index contributed by atoms with van der Waals surface area (Å²) in [6.07, 6.45) is 6.07. The van der Waals surface area contributed by atoms with Crippen LogP contribution in [0.1, 0.15) is 19.0 Å². The Morgan fingerprint density at radius 2 is 2.25 bits per heavy atom. The van der Waals surface area contributed by atoms with Gasteiger partial charge in [0.05, 0.1) is 18.0 Å². The van der Waals surface area contributed by atoms with Crippen LogP contribution in [-0.4, -0.2) is 15.8 Å². The normalized spacial score (nSPS) is 18.2. The van der Waals surface area contributed by atoms with Gasteiger partial charge in [0.1, 0.15) is 5.76 Å². The molecule has 2 rings (SSSR count). The van der Waals surface area contributed by atoms with Gasteiger partial charge in [-0.1, -0.05) is 17.7 Å². The average molecular weight is 214 g/mol. The largest absolute Gasteiger partial charge is 0.506 e. The SMILES string of the molecule is CC1=CC=C(O)C(=NCc2ccccn2)C1. The van der Waals surface area contributed by atoms with Crippen molar-refractivity contribution >= 4 is 5.71 Å². The van der Waals surface area contributed by atoms with Crippen molar-refractivity contribution in [2.45, 2.75) is 19.9 Å². The zero-order chi connectivity index (χ0) is 11.4. The van der Waals surface area contributed by atoms with Gasteiger partial charge >= 0.3 is 0 Å². The zero-order valence-electron chi connectivity index (χ0n) is 9.22. The van der Waals surface area contributed by atoms with Crippen molar-refractivity contribution in [3.05, 3.63) is 53.6 Å². The zero-order valence-corrected chi connectivity index (χ0v) is 9.22. The maximum atomic E-state index is 9.63. The molecule has 3 heteroatoms. The third kappa shape index (κ3) is 2.57. The molecule has 0 bridgehead atoms. The van der Waals surface area contributed by atoms with E-state index in [4.69, 9.17) is 0 Å². The Morgan fingerprint density at radius 1 is 1.38 bits per heavy atom. The quantitative estimate of drug-likeness (QED) is 0.822. The van der Waals surface area contributed by atoms with E-state index in [0.29, 0.717) is 6.54 Å². The molecular formula is C13H14N2O. The standard InChI is InChI=1S/C13H14N2O/c1-10-5-6-13(16)12(8-10)15-9-11-4-2-3-7-14-11/h2-7,16H,8-9H2,1H3. The van der Waals surface area contributed by atoms with Crippen LogP contribution in [0.5, 0.6) is 0 Å². The molecule has 16 heavy (non-hydrogen) atoms. The lowest BCUT2D eigenvalue weighted by Gasteiger charge is -2.10. The summed E-state index contributed by atoms with van der Waals surface area (Å²) in [4.78, 5) is 8.56. The Bertz CT molecular complexity index is 458. The highest BCUT2D eigenvalue weighted by Gasteiger charge is 2.09. The first-order chi connectivity index (χ1) is 7.75. The Morgan fingerprint density at radius 3 is 3.00 bits per heavy atom. The van der Waals surface area contributed by atoms with E-state index in [-0.39, 0.29) is 5.76 Å². The molecule has 0 fully saturated rings. The lowest BCUT2D eigenvalue weighted by molar-refractivity contribution is 0.440. The van der Waals surface area contributed by atoms with Crippen LogP contribution >= 0.6 is 0 Å². The number of aliphatic imine (C=N–C) groups is 1. The van der Waals surface area contributed by atoms with Gasteiger partial charge in [-0.05, 0) is 25.1 Å². The molecular weight excluding hydrogens is 200 g/mol. The number of aliphatic hydroxyl groups is 1. The Balaban J connectivity index is 2.09. The fraction of sp³-hybridized carbons (Fsp3) is 0.231. The van der Waals surface area contributed by atoms with Crippen LogP contribution in [0.15, 0.2) is 52.9 Å². The van der Waals surface area contributed by atoms with Crippen LogP contribution in [0.2, 0.25) is 0 Å². The summed E-state index contributed by atoms with van der Waals surface area (Å²) in [6.45, 7) is 2.54. The highest BCUT2D eigenvalue weighted by Crippen LogP contribution is 2.14. The molecule has 1 aliphatic carbocycles. The summed E-state index contributed by atoms with van der Waals surface area (Å²) in [5.74, 6) is 0.265. The smallest absolute Gasteiger partial charge is 0.136 e. The number of rotatable bonds is 2. The van der Waals surface area contributed by atoms with Crippen LogP contribution in [0.4, 0.5) is 0 Å². The molecule has 1 aromatic rings. The van der Waals surface area contributed by atoms with E-state index in [2.05, 4.69) is 9.98 Å². The number of hydrogen-bond acceptors (Lipinski definition) is 3. The van der Waals surface area contributed by atoms with Gasteiger partial charge in [0.2, 0.25) is 0 Å². The van der Waals surface area contributed by atoms with Gasteiger partial charge in [-0.2, -0.15) is 0 Å². The molecule has 0 atom stereocenters. The molecule has 0 amide bonds. The second-order valence-corrected chi connectivity index (χ2v) is 3.83. The lowest BCUT2D eigenvalue weighted by atomic mass is 10.0. The summed E-state index contributed by atoms with van der Waals surface area (Å²) < 4.78 is 0.